The van der Waals surface area contributed by atoms with Crippen molar-refractivity contribution in [3.8, 4) is 5.75 Å². The van der Waals surface area contributed by atoms with E-state index in [9.17, 15) is 18.0 Å². The Labute approximate surface area is 173 Å². The van der Waals surface area contributed by atoms with Crippen LogP contribution in [0.25, 0.3) is 0 Å². The number of hydrogen-bond acceptors (Lipinski definition) is 5. The third kappa shape index (κ3) is 4.69. The number of anilines is 1. The van der Waals surface area contributed by atoms with E-state index in [-0.39, 0.29) is 40.8 Å². The largest absolute Gasteiger partial charge is 0.482 e. The monoisotopic (exact) mass is 437 g/mol. The van der Waals surface area contributed by atoms with E-state index >= 15 is 0 Å². The van der Waals surface area contributed by atoms with E-state index in [1.165, 1.54) is 19.2 Å². The van der Waals surface area contributed by atoms with Gasteiger partial charge in [0.05, 0.1) is 23.3 Å². The normalized spacial score (nSPS) is 14.6. The second kappa shape index (κ2) is 8.40. The van der Waals surface area contributed by atoms with Crippen LogP contribution in [-0.4, -0.2) is 44.7 Å². The molecule has 0 aromatic heterocycles. The van der Waals surface area contributed by atoms with Crippen molar-refractivity contribution in [3.63, 3.8) is 0 Å². The quantitative estimate of drug-likeness (QED) is 0.720. The van der Waals surface area contributed by atoms with Gasteiger partial charge in [0.1, 0.15) is 10.6 Å². The van der Waals surface area contributed by atoms with Crippen LogP contribution < -0.4 is 15.4 Å². The van der Waals surface area contributed by atoms with Crippen LogP contribution in [0.2, 0.25) is 5.02 Å². The zero-order chi connectivity index (χ0) is 21.2. The predicted octanol–water partition coefficient (Wildman–Crippen LogP) is 2.17. The summed E-state index contributed by atoms with van der Waals surface area (Å²) in [6, 6.07) is 11.6. The molecule has 0 bridgehead atoms. The predicted molar refractivity (Wildman–Crippen MR) is 108 cm³/mol. The molecule has 0 spiro atoms. The lowest BCUT2D eigenvalue weighted by molar-refractivity contribution is -0.122. The molecular formula is C19H20ClN3O5S. The van der Waals surface area contributed by atoms with Crippen molar-refractivity contribution in [2.24, 2.45) is 0 Å². The Balaban J connectivity index is 1.74. The Morgan fingerprint density at radius 3 is 2.69 bits per heavy atom. The number of nitrogens with zero attached hydrogens (tertiary/aromatic N) is 1. The van der Waals surface area contributed by atoms with E-state index < -0.39 is 15.9 Å². The highest BCUT2D eigenvalue weighted by Gasteiger charge is 2.29. The van der Waals surface area contributed by atoms with Gasteiger partial charge in [0.2, 0.25) is 15.9 Å². The second-order valence-corrected chi connectivity index (χ2v) is 9.00. The lowest BCUT2D eigenvalue weighted by Gasteiger charge is -2.22. The summed E-state index contributed by atoms with van der Waals surface area (Å²) < 4.78 is 32.0. The van der Waals surface area contributed by atoms with E-state index in [4.69, 9.17) is 16.3 Å². The molecule has 0 saturated carbocycles. The molecule has 0 fully saturated rings. The minimum Gasteiger partial charge on any atom is -0.482 e. The van der Waals surface area contributed by atoms with Gasteiger partial charge in [-0.3, -0.25) is 9.59 Å². The Hall–Kier alpha value is -2.62. The summed E-state index contributed by atoms with van der Waals surface area (Å²) >= 11 is 6.13. The lowest BCUT2D eigenvalue weighted by atomic mass is 10.1. The first-order valence-corrected chi connectivity index (χ1v) is 10.6. The third-order valence-corrected chi connectivity index (χ3v) is 6.67. The Morgan fingerprint density at radius 2 is 2.00 bits per heavy atom. The number of rotatable bonds is 6. The van der Waals surface area contributed by atoms with Crippen LogP contribution in [0.15, 0.2) is 47.4 Å². The molecule has 3 rings (SSSR count). The molecule has 1 unspecified atom stereocenters. The van der Waals surface area contributed by atoms with E-state index in [1.54, 1.807) is 0 Å². The average Bonchev–Trinajstić information content (AvgIpc) is 2.67. The van der Waals surface area contributed by atoms with Crippen molar-refractivity contribution >= 4 is 39.1 Å². The first-order valence-electron chi connectivity index (χ1n) is 8.75. The molecule has 0 radical (unpaired) electrons. The first kappa shape index (κ1) is 21.1. The molecule has 2 N–H and O–H groups in total. The fourth-order valence-corrected chi connectivity index (χ4v) is 4.49. The number of fused-ring (bicyclic) bond motifs is 1. The minimum atomic E-state index is -4.06. The summed E-state index contributed by atoms with van der Waals surface area (Å²) in [5, 5.41) is 5.24. The fourth-order valence-electron chi connectivity index (χ4n) is 2.85. The molecule has 2 amide bonds. The maximum atomic E-state index is 12.9. The zero-order valence-electron chi connectivity index (χ0n) is 15.8. The number of carbonyl (C=O) groups excluding carboxylic acids is 2. The van der Waals surface area contributed by atoms with Crippen molar-refractivity contribution in [1.82, 2.24) is 9.62 Å². The van der Waals surface area contributed by atoms with Crippen LogP contribution in [0.5, 0.6) is 5.75 Å². The van der Waals surface area contributed by atoms with Gasteiger partial charge in [-0.2, -0.15) is 4.31 Å². The highest BCUT2D eigenvalue weighted by atomic mass is 35.5. The van der Waals surface area contributed by atoms with Crippen LogP contribution in [-0.2, 0) is 19.6 Å². The van der Waals surface area contributed by atoms with Crippen molar-refractivity contribution < 1.29 is 22.7 Å². The SMILES string of the molecule is CC(NC(=O)CN(C)S(=O)(=O)c1cc2c(cc1Cl)NC(=O)CO2)c1ccccc1. The molecule has 10 heteroatoms. The van der Waals surface area contributed by atoms with Gasteiger partial charge in [0.25, 0.3) is 5.91 Å². The number of halogens is 1. The average molecular weight is 438 g/mol. The summed E-state index contributed by atoms with van der Waals surface area (Å²) in [5.41, 5.74) is 1.20. The molecule has 1 atom stereocenters. The standard InChI is InChI=1S/C19H20ClN3O5S/c1-12(13-6-4-3-5-7-13)21-18(24)10-23(2)29(26,27)17-9-16-15(8-14(17)20)22-19(25)11-28-16/h3-9,12H,10-11H2,1-2H3,(H,21,24)(H,22,25). The van der Waals surface area contributed by atoms with Gasteiger partial charge in [0.15, 0.2) is 6.61 Å². The molecular weight excluding hydrogens is 418 g/mol. The van der Waals surface area contributed by atoms with Crippen molar-refractivity contribution in [1.29, 1.82) is 0 Å². The summed E-state index contributed by atoms with van der Waals surface area (Å²) in [5.74, 6) is -0.612. The third-order valence-electron chi connectivity index (χ3n) is 4.40. The summed E-state index contributed by atoms with van der Waals surface area (Å²) in [6.45, 7) is 1.21. The molecule has 2 aromatic carbocycles. The number of benzene rings is 2. The van der Waals surface area contributed by atoms with E-state index in [2.05, 4.69) is 10.6 Å². The maximum absolute atomic E-state index is 12.9. The Bertz CT molecular complexity index is 1040. The van der Waals surface area contributed by atoms with Crippen molar-refractivity contribution in [3.05, 3.63) is 53.1 Å². The van der Waals surface area contributed by atoms with Gasteiger partial charge in [-0.05, 0) is 18.6 Å². The summed E-state index contributed by atoms with van der Waals surface area (Å²) in [6.07, 6.45) is 0. The number of carbonyl (C=O) groups is 2. The van der Waals surface area contributed by atoms with Gasteiger partial charge >= 0.3 is 0 Å². The van der Waals surface area contributed by atoms with Crippen LogP contribution in [0.1, 0.15) is 18.5 Å². The highest BCUT2D eigenvalue weighted by molar-refractivity contribution is 7.89. The number of sulfonamides is 1. The number of nitrogens with one attached hydrogen (secondary N) is 2. The number of amides is 2. The van der Waals surface area contributed by atoms with Gasteiger partial charge in [-0.1, -0.05) is 41.9 Å². The molecule has 2 aromatic rings. The van der Waals surface area contributed by atoms with Gasteiger partial charge < -0.3 is 15.4 Å². The number of hydrogen-bond donors (Lipinski definition) is 2. The van der Waals surface area contributed by atoms with Gasteiger partial charge in [-0.25, -0.2) is 8.42 Å². The number of ether oxygens (including phenoxy) is 1. The van der Waals surface area contributed by atoms with Crippen LogP contribution >= 0.6 is 11.6 Å². The Morgan fingerprint density at radius 1 is 1.31 bits per heavy atom. The van der Waals surface area contributed by atoms with Crippen molar-refractivity contribution in [2.45, 2.75) is 17.9 Å². The van der Waals surface area contributed by atoms with Gasteiger partial charge in [0, 0.05) is 13.1 Å². The van der Waals surface area contributed by atoms with Crippen molar-refractivity contribution in [2.75, 3.05) is 25.5 Å². The number of likely N-dealkylation sites (N-methyl/N-ethyl adjacent to an activating group) is 1. The van der Waals surface area contributed by atoms with Crippen LogP contribution in [0.3, 0.4) is 0 Å². The fraction of sp³-hybridized carbons (Fsp3) is 0.263. The first-order chi connectivity index (χ1) is 13.7. The van der Waals surface area contributed by atoms with Gasteiger partial charge in [-0.15, -0.1) is 0 Å². The van der Waals surface area contributed by atoms with E-state index in [0.29, 0.717) is 5.69 Å². The molecule has 1 aliphatic rings. The molecule has 29 heavy (non-hydrogen) atoms. The maximum Gasteiger partial charge on any atom is 0.262 e. The molecule has 1 heterocycles. The van der Waals surface area contributed by atoms with Crippen LogP contribution in [0, 0.1) is 0 Å². The Kier molecular flexibility index (Phi) is 6.11. The zero-order valence-corrected chi connectivity index (χ0v) is 17.4. The molecule has 8 nitrogen and oxygen atoms in total. The van der Waals surface area contributed by atoms with Crippen LogP contribution in [0.4, 0.5) is 5.69 Å². The topological polar surface area (TPSA) is 105 Å². The lowest BCUT2D eigenvalue weighted by Crippen LogP contribution is -2.39. The van der Waals surface area contributed by atoms with E-state index in [0.717, 1.165) is 9.87 Å². The van der Waals surface area contributed by atoms with E-state index in [1.807, 2.05) is 37.3 Å². The summed E-state index contributed by atoms with van der Waals surface area (Å²) in [4.78, 5) is 23.5. The second-order valence-electron chi connectivity index (χ2n) is 6.58. The summed E-state index contributed by atoms with van der Waals surface area (Å²) in [7, 11) is -2.77. The highest BCUT2D eigenvalue weighted by Crippen LogP contribution is 2.36. The molecule has 0 aliphatic carbocycles. The molecule has 0 saturated heterocycles. The minimum absolute atomic E-state index is 0.0838. The molecule has 154 valence electrons. The smallest absolute Gasteiger partial charge is 0.262 e. The molecule has 1 aliphatic heterocycles.